The quantitative estimate of drug-likeness (QED) is 0.126. The predicted octanol–water partition coefficient (Wildman–Crippen LogP) is 15.8. The van der Waals surface area contributed by atoms with Crippen LogP contribution in [0.5, 0.6) is 0 Å². The molecule has 1 aromatic heterocycles. The van der Waals surface area contributed by atoms with Gasteiger partial charge in [-0.2, -0.15) is 0 Å². The van der Waals surface area contributed by atoms with E-state index in [9.17, 15) is 0 Å². The monoisotopic (exact) mass is 804 g/mol. The highest BCUT2D eigenvalue weighted by molar-refractivity contribution is 6.10. The van der Waals surface area contributed by atoms with Crippen molar-refractivity contribution in [2.75, 3.05) is 4.90 Å². The largest absolute Gasteiger partial charge is 0.310 e. The molecule has 62 heavy (non-hydrogen) atoms. The molecule has 2 atom stereocenters. The van der Waals surface area contributed by atoms with Crippen LogP contribution in [0.25, 0.3) is 44.7 Å². The van der Waals surface area contributed by atoms with Crippen molar-refractivity contribution < 1.29 is 0 Å². The van der Waals surface area contributed by atoms with E-state index in [4.69, 9.17) is 0 Å². The van der Waals surface area contributed by atoms with E-state index in [0.29, 0.717) is 0 Å². The first kappa shape index (κ1) is 37.6. The Morgan fingerprint density at radius 1 is 0.597 bits per heavy atom. The van der Waals surface area contributed by atoms with Crippen molar-refractivity contribution in [3.05, 3.63) is 198 Å². The molecule has 0 radical (unpaired) electrons. The lowest BCUT2D eigenvalue weighted by Gasteiger charge is -2.63. The van der Waals surface area contributed by atoms with E-state index < -0.39 is 0 Å². The Hall–Kier alpha value is -6.12. The Balaban J connectivity index is 0.923. The Bertz CT molecular complexity index is 2950. The average molecular weight is 805 g/mol. The van der Waals surface area contributed by atoms with Gasteiger partial charge in [0.25, 0.3) is 0 Å². The molecule has 2 unspecified atom stereocenters. The number of aromatic nitrogens is 1. The number of unbranched alkanes of at least 4 members (excludes halogenated alkanes) is 1. The maximum Gasteiger partial charge on any atom is 0.0542 e. The Morgan fingerprint density at radius 2 is 1.21 bits per heavy atom. The fourth-order valence-corrected chi connectivity index (χ4v) is 13.1. The van der Waals surface area contributed by atoms with Crippen LogP contribution in [-0.4, -0.2) is 4.57 Å². The van der Waals surface area contributed by atoms with E-state index in [-0.39, 0.29) is 10.8 Å². The summed E-state index contributed by atoms with van der Waals surface area (Å²) in [6.07, 6.45) is 16.0. The highest BCUT2D eigenvalue weighted by atomic mass is 15.1. The summed E-state index contributed by atoms with van der Waals surface area (Å²) >= 11 is 0. The molecule has 1 heterocycles. The molecule has 306 valence electrons. The fraction of sp³-hybridized carbons (Fsp3) is 0.267. The van der Waals surface area contributed by atoms with Gasteiger partial charge in [0, 0.05) is 33.5 Å². The van der Waals surface area contributed by atoms with E-state index >= 15 is 0 Å². The van der Waals surface area contributed by atoms with Gasteiger partial charge in [-0.3, -0.25) is 0 Å². The van der Waals surface area contributed by atoms with E-state index in [1.807, 2.05) is 6.08 Å². The summed E-state index contributed by atoms with van der Waals surface area (Å²) in [6.45, 7) is 6.30. The van der Waals surface area contributed by atoms with Crippen LogP contribution >= 0.6 is 0 Å². The zero-order valence-electron chi connectivity index (χ0n) is 36.1. The zero-order chi connectivity index (χ0) is 41.4. The summed E-state index contributed by atoms with van der Waals surface area (Å²) in [7, 11) is 0. The first-order valence-electron chi connectivity index (χ1n) is 23.5. The molecule has 4 bridgehead atoms. The standard InChI is InChI=1S/C60H56N2/c1-3-5-8-42-13-25-51(26-14-42)61(52-29-23-50(24-30-52)60-38-43-33-44(39-60)37-59(36-43,40-60)49-21-11-41(4-2)12-22-49)54-31-32-58-56(35-54)55-9-6-7-10-57(55)62(58)53-27-19-46(20-28-53)48-18-16-45-15-17-47(45)34-48/h4,6-7,9-14,16,18-32,34-35,43-44H,2-3,5,8,15,17,33,36-40H2,1H3. The van der Waals surface area contributed by atoms with Crippen molar-refractivity contribution in [3.63, 3.8) is 0 Å². The lowest BCUT2D eigenvalue weighted by atomic mass is 9.42. The van der Waals surface area contributed by atoms with Crippen LogP contribution in [0, 0.1) is 11.8 Å². The summed E-state index contributed by atoms with van der Waals surface area (Å²) in [6, 6.07) is 60.9. The molecule has 5 aliphatic rings. The molecule has 0 N–H and O–H groups in total. The molecule has 0 spiro atoms. The molecular weight excluding hydrogens is 749 g/mol. The number of anilines is 3. The van der Waals surface area contributed by atoms with Gasteiger partial charge in [0.1, 0.15) is 0 Å². The minimum absolute atomic E-state index is 0.242. The lowest BCUT2D eigenvalue weighted by molar-refractivity contribution is -0.0281. The number of aryl methyl sites for hydroxylation is 3. The molecule has 5 aliphatic carbocycles. The molecule has 0 amide bonds. The van der Waals surface area contributed by atoms with E-state index in [2.05, 4.69) is 181 Å². The van der Waals surface area contributed by atoms with Gasteiger partial charge >= 0.3 is 0 Å². The number of benzene rings is 7. The molecule has 13 rings (SSSR count). The van der Waals surface area contributed by atoms with Crippen molar-refractivity contribution in [1.29, 1.82) is 0 Å². The molecule has 2 heteroatoms. The van der Waals surface area contributed by atoms with Crippen LogP contribution in [0.1, 0.15) is 91.7 Å². The van der Waals surface area contributed by atoms with Crippen LogP contribution in [-0.2, 0) is 30.1 Å². The van der Waals surface area contributed by atoms with Gasteiger partial charge in [0.05, 0.1) is 11.0 Å². The topological polar surface area (TPSA) is 8.17 Å². The highest BCUT2D eigenvalue weighted by Gasteiger charge is 2.58. The second-order valence-electron chi connectivity index (χ2n) is 19.6. The second kappa shape index (κ2) is 14.8. The molecule has 2 nitrogen and oxygen atoms in total. The Labute approximate surface area is 367 Å². The summed E-state index contributed by atoms with van der Waals surface area (Å²) in [5, 5.41) is 2.54. The first-order chi connectivity index (χ1) is 30.5. The van der Waals surface area contributed by atoms with Crippen LogP contribution in [0.15, 0.2) is 164 Å². The highest BCUT2D eigenvalue weighted by Crippen LogP contribution is 2.66. The van der Waals surface area contributed by atoms with E-state index in [1.54, 1.807) is 11.1 Å². The number of para-hydroxylation sites is 1. The summed E-state index contributed by atoms with van der Waals surface area (Å²) in [5.41, 5.74) is 19.1. The Kier molecular flexibility index (Phi) is 8.96. The molecule has 0 aliphatic heterocycles. The van der Waals surface area contributed by atoms with Crippen molar-refractivity contribution in [1.82, 2.24) is 4.57 Å². The maximum atomic E-state index is 4.02. The lowest BCUT2D eigenvalue weighted by Crippen LogP contribution is -2.55. The van der Waals surface area contributed by atoms with Crippen LogP contribution in [0.2, 0.25) is 0 Å². The van der Waals surface area contributed by atoms with Gasteiger partial charge < -0.3 is 9.47 Å². The summed E-state index contributed by atoms with van der Waals surface area (Å²) < 4.78 is 2.45. The van der Waals surface area contributed by atoms with Gasteiger partial charge in [0.2, 0.25) is 0 Å². The van der Waals surface area contributed by atoms with Crippen molar-refractivity contribution in [2.45, 2.75) is 88.4 Å². The fourth-order valence-electron chi connectivity index (χ4n) is 13.1. The van der Waals surface area contributed by atoms with Crippen molar-refractivity contribution >= 4 is 44.9 Å². The molecule has 4 saturated carbocycles. The third-order valence-corrected chi connectivity index (χ3v) is 15.8. The average Bonchev–Trinajstić information content (AvgIpc) is 3.63. The van der Waals surface area contributed by atoms with Gasteiger partial charge in [-0.25, -0.2) is 0 Å². The second-order valence-corrected chi connectivity index (χ2v) is 19.6. The number of fused-ring (bicyclic) bond motifs is 4. The predicted molar refractivity (Wildman–Crippen MR) is 261 cm³/mol. The third kappa shape index (κ3) is 6.20. The minimum Gasteiger partial charge on any atom is -0.310 e. The number of nitrogens with zero attached hydrogens (tertiary/aromatic N) is 2. The van der Waals surface area contributed by atoms with E-state index in [1.165, 1.54) is 142 Å². The maximum absolute atomic E-state index is 4.02. The van der Waals surface area contributed by atoms with Gasteiger partial charge in [-0.1, -0.05) is 123 Å². The number of rotatable bonds is 11. The molecule has 7 aromatic carbocycles. The number of hydrogen-bond donors (Lipinski definition) is 0. The molecule has 4 fully saturated rings. The summed E-state index contributed by atoms with van der Waals surface area (Å²) in [4.78, 5) is 2.49. The molecule has 8 aromatic rings. The molecular formula is C60H56N2. The SMILES string of the molecule is C=Cc1ccc(C23CC4CC(C2)CC(c2ccc(N(c5ccc(CCCC)cc5)c5ccc6c(c5)c5ccccc5n6-c5ccc(-c6ccc7c(c6)CC7)cc5)cc2)(C4)C3)cc1. The van der Waals surface area contributed by atoms with E-state index in [0.717, 1.165) is 18.3 Å². The normalized spacial score (nSPS) is 22.1. The van der Waals surface area contributed by atoms with Crippen molar-refractivity contribution in [2.24, 2.45) is 11.8 Å². The zero-order valence-corrected chi connectivity index (χ0v) is 36.1. The number of hydrogen-bond acceptors (Lipinski definition) is 1. The van der Waals surface area contributed by atoms with Gasteiger partial charge in [-0.15, -0.1) is 0 Å². The van der Waals surface area contributed by atoms with Gasteiger partial charge in [-0.05, 0) is 192 Å². The van der Waals surface area contributed by atoms with Gasteiger partial charge in [0.15, 0.2) is 0 Å². The smallest absolute Gasteiger partial charge is 0.0542 e. The minimum atomic E-state index is 0.242. The molecule has 0 saturated heterocycles. The summed E-state index contributed by atoms with van der Waals surface area (Å²) in [5.74, 6) is 1.62. The Morgan fingerprint density at radius 3 is 1.85 bits per heavy atom. The first-order valence-corrected chi connectivity index (χ1v) is 23.5. The van der Waals surface area contributed by atoms with Crippen LogP contribution < -0.4 is 4.90 Å². The van der Waals surface area contributed by atoms with Crippen LogP contribution in [0.3, 0.4) is 0 Å². The third-order valence-electron chi connectivity index (χ3n) is 15.8. The van der Waals surface area contributed by atoms with Crippen molar-refractivity contribution in [3.8, 4) is 16.8 Å². The van der Waals surface area contributed by atoms with Crippen LogP contribution in [0.4, 0.5) is 17.1 Å².